The maximum absolute atomic E-state index is 6.09. The van der Waals surface area contributed by atoms with E-state index < -0.39 is 0 Å². The van der Waals surface area contributed by atoms with Gasteiger partial charge in [0, 0.05) is 35.1 Å². The van der Waals surface area contributed by atoms with Gasteiger partial charge in [0.25, 0.3) is 0 Å². The Morgan fingerprint density at radius 2 is 1.87 bits per heavy atom. The molecule has 2 fully saturated rings. The third-order valence-electron chi connectivity index (χ3n) is 5.53. The van der Waals surface area contributed by atoms with Crippen molar-refractivity contribution in [2.24, 2.45) is 0 Å². The molecule has 0 radical (unpaired) electrons. The molecule has 0 N–H and O–H groups in total. The van der Waals surface area contributed by atoms with E-state index in [1.165, 1.54) is 0 Å². The van der Waals surface area contributed by atoms with E-state index >= 15 is 0 Å². The molecule has 0 unspecified atom stereocenters. The van der Waals surface area contributed by atoms with Crippen molar-refractivity contribution in [3.63, 3.8) is 0 Å². The van der Waals surface area contributed by atoms with E-state index in [9.17, 15) is 0 Å². The van der Waals surface area contributed by atoms with Crippen LogP contribution in [0.25, 0.3) is 21.3 Å². The van der Waals surface area contributed by atoms with Crippen LogP contribution in [0.2, 0.25) is 5.02 Å². The van der Waals surface area contributed by atoms with Crippen LogP contribution >= 0.6 is 34.7 Å². The SMILES string of the molecule is Clc1ccc(-c2csc3ncnc(Sc4nnc(N5CCOCC5)n4C4CC4)c23)cc1. The van der Waals surface area contributed by atoms with Gasteiger partial charge >= 0.3 is 0 Å². The van der Waals surface area contributed by atoms with Crippen LogP contribution in [-0.4, -0.2) is 51.0 Å². The van der Waals surface area contributed by atoms with E-state index in [1.54, 1.807) is 29.4 Å². The molecule has 1 aliphatic carbocycles. The molecule has 1 aliphatic heterocycles. The standard InChI is InChI=1S/C21H19ClN6OS2/c22-14-3-1-13(2-4-14)16-11-30-18-17(16)19(24-12-23-18)31-21-26-25-20(28(21)15-5-6-15)27-7-9-29-10-8-27/h1-4,11-12,15H,5-10H2. The van der Waals surface area contributed by atoms with Crippen LogP contribution in [-0.2, 0) is 4.74 Å². The molecule has 7 nitrogen and oxygen atoms in total. The highest BCUT2D eigenvalue weighted by molar-refractivity contribution is 7.99. The highest BCUT2D eigenvalue weighted by Gasteiger charge is 2.32. The first kappa shape index (κ1) is 19.5. The van der Waals surface area contributed by atoms with Crippen LogP contribution in [0.15, 0.2) is 46.2 Å². The number of rotatable bonds is 5. The van der Waals surface area contributed by atoms with Crippen molar-refractivity contribution in [1.82, 2.24) is 24.7 Å². The topological polar surface area (TPSA) is 69.0 Å². The Morgan fingerprint density at radius 1 is 1.06 bits per heavy atom. The summed E-state index contributed by atoms with van der Waals surface area (Å²) >= 11 is 9.29. The lowest BCUT2D eigenvalue weighted by atomic mass is 10.1. The first-order chi connectivity index (χ1) is 15.3. The number of benzene rings is 1. The van der Waals surface area contributed by atoms with Crippen LogP contribution in [0.1, 0.15) is 18.9 Å². The number of fused-ring (bicyclic) bond motifs is 1. The van der Waals surface area contributed by atoms with Gasteiger partial charge in [-0.3, -0.25) is 4.57 Å². The number of aromatic nitrogens is 5. The van der Waals surface area contributed by atoms with Crippen molar-refractivity contribution < 1.29 is 4.74 Å². The summed E-state index contributed by atoms with van der Waals surface area (Å²) in [6.07, 6.45) is 3.96. The van der Waals surface area contributed by atoms with Gasteiger partial charge in [0.2, 0.25) is 5.95 Å². The summed E-state index contributed by atoms with van der Waals surface area (Å²) in [6, 6.07) is 8.36. The Morgan fingerprint density at radius 3 is 2.65 bits per heavy atom. The smallest absolute Gasteiger partial charge is 0.228 e. The van der Waals surface area contributed by atoms with Crippen LogP contribution in [0, 0.1) is 0 Å². The minimum absolute atomic E-state index is 0.464. The van der Waals surface area contributed by atoms with Crippen molar-refractivity contribution in [3.8, 4) is 11.1 Å². The molecule has 10 heteroatoms. The number of thiophene rings is 1. The minimum Gasteiger partial charge on any atom is -0.378 e. The second-order valence-electron chi connectivity index (χ2n) is 7.60. The van der Waals surface area contributed by atoms with E-state index in [0.717, 1.165) is 81.6 Å². The number of ether oxygens (including phenoxy) is 1. The third kappa shape index (κ3) is 3.69. The molecule has 158 valence electrons. The van der Waals surface area contributed by atoms with Crippen LogP contribution in [0.4, 0.5) is 5.95 Å². The van der Waals surface area contributed by atoms with Crippen LogP contribution in [0.3, 0.4) is 0 Å². The molecule has 0 bridgehead atoms. The fourth-order valence-corrected chi connectivity index (χ4v) is 5.92. The van der Waals surface area contributed by atoms with Gasteiger partial charge < -0.3 is 9.64 Å². The van der Waals surface area contributed by atoms with Gasteiger partial charge in [-0.1, -0.05) is 23.7 Å². The molecule has 0 amide bonds. The number of hydrogen-bond acceptors (Lipinski definition) is 8. The molecule has 2 aliphatic rings. The lowest BCUT2D eigenvalue weighted by molar-refractivity contribution is 0.121. The maximum atomic E-state index is 6.09. The molecule has 1 aromatic carbocycles. The van der Waals surface area contributed by atoms with E-state index in [2.05, 4.69) is 35.0 Å². The van der Waals surface area contributed by atoms with E-state index in [1.807, 2.05) is 24.3 Å². The van der Waals surface area contributed by atoms with Crippen molar-refractivity contribution in [1.29, 1.82) is 0 Å². The summed E-state index contributed by atoms with van der Waals surface area (Å²) in [7, 11) is 0. The highest BCUT2D eigenvalue weighted by atomic mass is 35.5. The van der Waals surface area contributed by atoms with Gasteiger partial charge in [0.05, 0.1) is 18.6 Å². The Kier molecular flexibility index (Phi) is 5.06. The quantitative estimate of drug-likeness (QED) is 0.383. The fourth-order valence-electron chi connectivity index (χ4n) is 3.82. The first-order valence-electron chi connectivity index (χ1n) is 10.2. The Bertz CT molecular complexity index is 1230. The summed E-state index contributed by atoms with van der Waals surface area (Å²) < 4.78 is 7.80. The number of nitrogens with zero attached hydrogens (tertiary/aromatic N) is 6. The molecule has 0 spiro atoms. The van der Waals surface area contributed by atoms with Gasteiger partial charge in [-0.25, -0.2) is 9.97 Å². The van der Waals surface area contributed by atoms with Gasteiger partial charge in [-0.2, -0.15) is 0 Å². The number of hydrogen-bond donors (Lipinski definition) is 0. The molecule has 6 rings (SSSR count). The van der Waals surface area contributed by atoms with Crippen molar-refractivity contribution in [2.45, 2.75) is 29.1 Å². The van der Waals surface area contributed by atoms with E-state index in [0.29, 0.717) is 6.04 Å². The van der Waals surface area contributed by atoms with Crippen molar-refractivity contribution >= 4 is 50.9 Å². The average molecular weight is 471 g/mol. The molecular formula is C21H19ClN6OS2. The average Bonchev–Trinajstić information content (AvgIpc) is 3.41. The monoisotopic (exact) mass is 470 g/mol. The highest BCUT2D eigenvalue weighted by Crippen LogP contribution is 2.44. The molecule has 4 aromatic rings. The predicted octanol–water partition coefficient (Wildman–Crippen LogP) is 4.93. The summed E-state index contributed by atoms with van der Waals surface area (Å²) in [4.78, 5) is 12.4. The van der Waals surface area contributed by atoms with Gasteiger partial charge in [0.1, 0.15) is 16.2 Å². The lowest BCUT2D eigenvalue weighted by Crippen LogP contribution is -2.38. The summed E-state index contributed by atoms with van der Waals surface area (Å²) in [5.74, 6) is 0.946. The summed E-state index contributed by atoms with van der Waals surface area (Å²) in [5.41, 5.74) is 2.22. The Labute approximate surface area is 192 Å². The molecule has 1 saturated heterocycles. The zero-order chi connectivity index (χ0) is 20.8. The number of halogens is 1. The van der Waals surface area contributed by atoms with Crippen LogP contribution in [0.5, 0.6) is 0 Å². The molecule has 1 saturated carbocycles. The fraction of sp³-hybridized carbons (Fsp3) is 0.333. The molecule has 4 heterocycles. The van der Waals surface area contributed by atoms with Gasteiger partial charge in [-0.15, -0.1) is 21.5 Å². The summed E-state index contributed by atoms with van der Waals surface area (Å²) in [5, 5.41) is 14.8. The first-order valence-corrected chi connectivity index (χ1v) is 12.3. The van der Waals surface area contributed by atoms with Crippen molar-refractivity contribution in [2.75, 3.05) is 31.2 Å². The molecule has 31 heavy (non-hydrogen) atoms. The Hall–Kier alpha value is -2.20. The number of morpholine rings is 1. The van der Waals surface area contributed by atoms with Gasteiger partial charge in [-0.05, 0) is 42.3 Å². The Balaban J connectivity index is 1.41. The largest absolute Gasteiger partial charge is 0.378 e. The normalized spacial score (nSPS) is 16.9. The predicted molar refractivity (Wildman–Crippen MR) is 123 cm³/mol. The summed E-state index contributed by atoms with van der Waals surface area (Å²) in [6.45, 7) is 3.15. The molecule has 3 aromatic heterocycles. The van der Waals surface area contributed by atoms with Crippen molar-refractivity contribution in [3.05, 3.63) is 41.0 Å². The third-order valence-corrected chi connectivity index (χ3v) is 7.63. The second kappa shape index (κ2) is 8.05. The second-order valence-corrected chi connectivity index (χ2v) is 9.85. The zero-order valence-electron chi connectivity index (χ0n) is 16.6. The zero-order valence-corrected chi connectivity index (χ0v) is 19.0. The lowest BCUT2D eigenvalue weighted by Gasteiger charge is -2.27. The van der Waals surface area contributed by atoms with Crippen LogP contribution < -0.4 is 4.90 Å². The minimum atomic E-state index is 0.464. The van der Waals surface area contributed by atoms with E-state index in [-0.39, 0.29) is 0 Å². The number of anilines is 1. The molecule has 0 atom stereocenters. The maximum Gasteiger partial charge on any atom is 0.228 e. The molecular weight excluding hydrogens is 452 g/mol. The van der Waals surface area contributed by atoms with Gasteiger partial charge in [0.15, 0.2) is 5.16 Å². The van der Waals surface area contributed by atoms with E-state index in [4.69, 9.17) is 16.3 Å².